The summed E-state index contributed by atoms with van der Waals surface area (Å²) in [5.74, 6) is 1.80. The number of hydrogen-bond acceptors (Lipinski definition) is 2. The molecule has 1 heterocycles. The van der Waals surface area contributed by atoms with Crippen LogP contribution in [0.5, 0.6) is 11.5 Å². The maximum atomic E-state index is 6.60. The second kappa shape index (κ2) is 13.2. The van der Waals surface area contributed by atoms with Gasteiger partial charge in [0.2, 0.25) is 0 Å². The Balaban J connectivity index is 0.927. The zero-order valence-electron chi connectivity index (χ0n) is 34.9. The molecule has 0 saturated carbocycles. The van der Waals surface area contributed by atoms with E-state index < -0.39 is 5.41 Å². The maximum Gasteiger partial charge on any atom is 0.132 e. The molecule has 0 radical (unpaired) electrons. The summed E-state index contributed by atoms with van der Waals surface area (Å²) >= 11 is 0. The summed E-state index contributed by atoms with van der Waals surface area (Å²) in [6.07, 6.45) is 0. The average molecular weight is 814 g/mol. The Morgan fingerprint density at radius 3 is 1.28 bits per heavy atom. The summed E-state index contributed by atoms with van der Waals surface area (Å²) in [5.41, 5.74) is 23.0. The predicted octanol–water partition coefficient (Wildman–Crippen LogP) is 15.6. The zero-order chi connectivity index (χ0) is 42.0. The van der Waals surface area contributed by atoms with Gasteiger partial charge in [0.05, 0.1) is 10.8 Å². The van der Waals surface area contributed by atoms with Crippen LogP contribution < -0.4 is 9.64 Å². The molecule has 10 aromatic carbocycles. The zero-order valence-corrected chi connectivity index (χ0v) is 34.9. The number of para-hydroxylation sites is 3. The number of fused-ring (bicyclic) bond motifs is 19. The summed E-state index contributed by atoms with van der Waals surface area (Å²) in [7, 11) is 0. The van der Waals surface area contributed by atoms with Crippen LogP contribution >= 0.6 is 0 Å². The number of hydrogen-bond donors (Lipinski definition) is 0. The van der Waals surface area contributed by atoms with Crippen LogP contribution in [0.4, 0.5) is 17.1 Å². The highest BCUT2D eigenvalue weighted by Crippen LogP contribution is 2.65. The molecule has 4 aliphatic rings. The minimum atomic E-state index is -0.509. The number of ether oxygens (including phenoxy) is 1. The van der Waals surface area contributed by atoms with Gasteiger partial charge in [-0.1, -0.05) is 188 Å². The van der Waals surface area contributed by atoms with Gasteiger partial charge in [0, 0.05) is 28.2 Å². The molecule has 64 heavy (non-hydrogen) atoms. The van der Waals surface area contributed by atoms with E-state index in [0.29, 0.717) is 0 Å². The lowest BCUT2D eigenvalue weighted by Crippen LogP contribution is -2.32. The van der Waals surface area contributed by atoms with Crippen LogP contribution in [0.1, 0.15) is 44.5 Å². The standard InChI is InChI=1S/C62H39NO/c1-2-17-41(18-3-1)63(43-37-38-54-49(39-43)47-21-6-10-26-52(47)62(54)55-28-12-14-31-58(55)64-59-32-15-13-29-56(59)62)42-35-33-40(34-36-42)44-23-16-30-57-60(44)48-22-7-11-27-53(48)61(57)50-24-8-4-19-45(50)46-20-5-9-25-51(46)61/h1-39H. The van der Waals surface area contributed by atoms with Gasteiger partial charge in [0.25, 0.3) is 0 Å². The van der Waals surface area contributed by atoms with Gasteiger partial charge in [-0.05, 0) is 126 Å². The topological polar surface area (TPSA) is 12.5 Å². The van der Waals surface area contributed by atoms with Crippen LogP contribution in [0, 0.1) is 0 Å². The first-order valence-corrected chi connectivity index (χ1v) is 22.3. The van der Waals surface area contributed by atoms with Crippen molar-refractivity contribution in [1.82, 2.24) is 0 Å². The van der Waals surface area contributed by atoms with Gasteiger partial charge in [0.1, 0.15) is 11.5 Å². The lowest BCUT2D eigenvalue weighted by atomic mass is 9.66. The number of anilines is 3. The van der Waals surface area contributed by atoms with Crippen molar-refractivity contribution < 1.29 is 4.74 Å². The van der Waals surface area contributed by atoms with Crippen molar-refractivity contribution in [3.63, 3.8) is 0 Å². The Hall–Kier alpha value is -8.20. The highest BCUT2D eigenvalue weighted by Gasteiger charge is 2.53. The normalized spacial score (nSPS) is 14.3. The monoisotopic (exact) mass is 813 g/mol. The van der Waals surface area contributed by atoms with Gasteiger partial charge in [-0.2, -0.15) is 0 Å². The lowest BCUT2D eigenvalue weighted by molar-refractivity contribution is 0.436. The molecular formula is C62H39NO. The lowest BCUT2D eigenvalue weighted by Gasteiger charge is -2.39. The van der Waals surface area contributed by atoms with Crippen LogP contribution in [0.3, 0.4) is 0 Å². The summed E-state index contributed by atoms with van der Waals surface area (Å²) < 4.78 is 6.60. The largest absolute Gasteiger partial charge is 0.457 e. The van der Waals surface area contributed by atoms with E-state index in [2.05, 4.69) is 241 Å². The summed E-state index contributed by atoms with van der Waals surface area (Å²) in [6.45, 7) is 0. The fourth-order valence-electron chi connectivity index (χ4n) is 12.2. The van der Waals surface area contributed by atoms with E-state index in [4.69, 9.17) is 4.74 Å². The quantitative estimate of drug-likeness (QED) is 0.175. The van der Waals surface area contributed by atoms with Crippen molar-refractivity contribution in [3.05, 3.63) is 281 Å². The number of benzene rings is 10. The Bertz CT molecular complexity index is 3460. The Morgan fingerprint density at radius 1 is 0.266 bits per heavy atom. The van der Waals surface area contributed by atoms with E-state index >= 15 is 0 Å². The van der Waals surface area contributed by atoms with E-state index in [0.717, 1.165) is 28.6 Å². The molecule has 3 aliphatic carbocycles. The van der Waals surface area contributed by atoms with Gasteiger partial charge in [-0.3, -0.25) is 0 Å². The molecule has 0 saturated heterocycles. The number of nitrogens with zero attached hydrogens (tertiary/aromatic N) is 1. The third-order valence-electron chi connectivity index (χ3n) is 14.6. The third kappa shape index (κ3) is 4.49. The van der Waals surface area contributed by atoms with Crippen LogP contribution in [-0.2, 0) is 10.8 Å². The molecule has 0 bridgehead atoms. The fraction of sp³-hybridized carbons (Fsp3) is 0.0323. The van der Waals surface area contributed by atoms with E-state index in [1.165, 1.54) is 89.0 Å². The van der Waals surface area contributed by atoms with E-state index in [9.17, 15) is 0 Å². The van der Waals surface area contributed by atoms with E-state index in [1.54, 1.807) is 0 Å². The first-order valence-electron chi connectivity index (χ1n) is 22.3. The Morgan fingerprint density at radius 2 is 0.672 bits per heavy atom. The SMILES string of the molecule is c1ccc(N(c2ccc(-c3cccc4c3-c3ccccc3C43c4ccccc4-c4ccccc43)cc2)c2ccc3c(c2)-c2ccccc2C32c3ccccc3Oc3ccccc32)cc1. The highest BCUT2D eigenvalue weighted by molar-refractivity contribution is 6.00. The molecule has 0 fully saturated rings. The minimum absolute atomic E-state index is 0.376. The molecule has 2 nitrogen and oxygen atoms in total. The molecule has 1 aliphatic heterocycles. The van der Waals surface area contributed by atoms with Crippen LogP contribution in [-0.4, -0.2) is 0 Å². The second-order valence-corrected chi connectivity index (χ2v) is 17.5. The van der Waals surface area contributed by atoms with E-state index in [1.807, 2.05) is 0 Å². The first kappa shape index (κ1) is 35.4. The molecule has 0 N–H and O–H groups in total. The third-order valence-corrected chi connectivity index (χ3v) is 14.6. The van der Waals surface area contributed by atoms with Crippen molar-refractivity contribution >= 4 is 17.1 Å². The Labute approximate surface area is 373 Å². The van der Waals surface area contributed by atoms with Crippen LogP contribution in [0.2, 0.25) is 0 Å². The molecule has 0 aromatic heterocycles. The van der Waals surface area contributed by atoms with Crippen molar-refractivity contribution in [3.8, 4) is 56.0 Å². The van der Waals surface area contributed by atoms with Gasteiger partial charge in [0.15, 0.2) is 0 Å². The summed E-state index contributed by atoms with van der Waals surface area (Å²) in [4.78, 5) is 2.40. The smallest absolute Gasteiger partial charge is 0.132 e. The molecular weight excluding hydrogens is 775 g/mol. The highest BCUT2D eigenvalue weighted by atomic mass is 16.5. The second-order valence-electron chi connectivity index (χ2n) is 17.5. The van der Waals surface area contributed by atoms with Crippen LogP contribution in [0.25, 0.3) is 44.5 Å². The molecule has 10 aromatic rings. The van der Waals surface area contributed by atoms with Gasteiger partial charge in [-0.15, -0.1) is 0 Å². The molecule has 2 heteroatoms. The van der Waals surface area contributed by atoms with E-state index in [-0.39, 0.29) is 5.41 Å². The number of rotatable bonds is 4. The molecule has 14 rings (SSSR count). The van der Waals surface area contributed by atoms with Gasteiger partial charge in [-0.25, -0.2) is 0 Å². The van der Waals surface area contributed by atoms with Crippen LogP contribution in [0.15, 0.2) is 237 Å². The van der Waals surface area contributed by atoms with Crippen molar-refractivity contribution in [2.24, 2.45) is 0 Å². The first-order chi connectivity index (χ1) is 31.8. The van der Waals surface area contributed by atoms with Crippen molar-refractivity contribution in [1.29, 1.82) is 0 Å². The van der Waals surface area contributed by atoms with Crippen molar-refractivity contribution in [2.75, 3.05) is 4.90 Å². The van der Waals surface area contributed by atoms with Gasteiger partial charge >= 0.3 is 0 Å². The minimum Gasteiger partial charge on any atom is -0.457 e. The molecule has 0 unspecified atom stereocenters. The van der Waals surface area contributed by atoms with Crippen molar-refractivity contribution in [2.45, 2.75) is 10.8 Å². The average Bonchev–Trinajstić information content (AvgIpc) is 3.95. The summed E-state index contributed by atoms with van der Waals surface area (Å²) in [5, 5.41) is 0. The molecule has 0 amide bonds. The molecule has 2 spiro atoms. The van der Waals surface area contributed by atoms with Gasteiger partial charge < -0.3 is 9.64 Å². The molecule has 0 atom stereocenters. The fourth-order valence-corrected chi connectivity index (χ4v) is 12.2. The summed E-state index contributed by atoms with van der Waals surface area (Å²) in [6, 6.07) is 87.2. The maximum absolute atomic E-state index is 6.60. The predicted molar refractivity (Wildman–Crippen MR) is 260 cm³/mol. The molecule has 298 valence electrons. The Kier molecular flexibility index (Phi) is 7.28.